The van der Waals surface area contributed by atoms with Gasteiger partial charge in [0.25, 0.3) is 0 Å². The van der Waals surface area contributed by atoms with Crippen LogP contribution in [-0.2, 0) is 4.79 Å². The van der Waals surface area contributed by atoms with Crippen LogP contribution >= 0.6 is 0 Å². The standard InChI is InChI=1S/C35H52F5NO2/c1-32-19-17-27(42)22-26(32)21-24(31-28-15-16-30(43)33(28,2)20-18-29(31)32)13-11-9-7-5-3-4-6-8-10-12-14-25(23-41)34(36,37)35(38,39)40/h22,24-25,28-31,43H,3-21H2,1-2H3/t24-,25?,28+,29+,30+,31+,32+,33+/m1/s1. The first-order valence-electron chi connectivity index (χ1n) is 17.0. The molecule has 0 aromatic heterocycles. The molecule has 3 fully saturated rings. The van der Waals surface area contributed by atoms with Crippen LogP contribution in [0.15, 0.2) is 11.6 Å². The number of rotatable bonds is 14. The SMILES string of the molecule is C[C@]12CC[C@H]3[C@@H]([C@H](CCCCCCCCCCCCC(C#N)C(F)(F)C(F)(F)F)CC4=CC(=O)CC[C@@]43C)[C@@H]1CC[C@@H]2O. The molecule has 0 aromatic carbocycles. The van der Waals surface area contributed by atoms with Gasteiger partial charge in [-0.15, -0.1) is 0 Å². The number of ketones is 1. The molecule has 4 aliphatic carbocycles. The second-order valence-electron chi connectivity index (χ2n) is 14.9. The van der Waals surface area contributed by atoms with Crippen molar-refractivity contribution in [3.63, 3.8) is 0 Å². The molecule has 1 unspecified atom stereocenters. The number of aliphatic hydroxyl groups is 1. The Morgan fingerprint density at radius 3 is 2.12 bits per heavy atom. The number of carbonyl (C=O) groups is 1. The number of aliphatic hydroxyl groups excluding tert-OH is 1. The van der Waals surface area contributed by atoms with Crippen molar-refractivity contribution in [1.29, 1.82) is 5.26 Å². The lowest BCUT2D eigenvalue weighted by Crippen LogP contribution is -2.54. The fourth-order valence-corrected chi connectivity index (χ4v) is 9.66. The van der Waals surface area contributed by atoms with Gasteiger partial charge in [0.2, 0.25) is 0 Å². The van der Waals surface area contributed by atoms with Gasteiger partial charge < -0.3 is 5.11 Å². The van der Waals surface area contributed by atoms with E-state index in [0.29, 0.717) is 36.5 Å². The Hall–Kier alpha value is -1.49. The summed E-state index contributed by atoms with van der Waals surface area (Å²) in [5.74, 6) is -4.57. The Kier molecular flexibility index (Phi) is 11.1. The summed E-state index contributed by atoms with van der Waals surface area (Å²) in [5.41, 5.74) is 1.57. The van der Waals surface area contributed by atoms with Crippen LogP contribution in [0.1, 0.15) is 136 Å². The van der Waals surface area contributed by atoms with Crippen molar-refractivity contribution in [2.24, 2.45) is 40.4 Å². The van der Waals surface area contributed by atoms with Gasteiger partial charge in [0.1, 0.15) is 5.92 Å². The first-order chi connectivity index (χ1) is 20.3. The first-order valence-corrected chi connectivity index (χ1v) is 17.0. The van der Waals surface area contributed by atoms with Gasteiger partial charge in [-0.25, -0.2) is 0 Å². The van der Waals surface area contributed by atoms with Crippen molar-refractivity contribution >= 4 is 5.78 Å². The predicted molar refractivity (Wildman–Crippen MR) is 157 cm³/mol. The largest absolute Gasteiger partial charge is 0.454 e. The van der Waals surface area contributed by atoms with Gasteiger partial charge in [0.15, 0.2) is 5.78 Å². The van der Waals surface area contributed by atoms with Gasteiger partial charge in [0, 0.05) is 6.42 Å². The Morgan fingerprint density at radius 1 is 0.907 bits per heavy atom. The van der Waals surface area contributed by atoms with E-state index in [2.05, 4.69) is 13.8 Å². The van der Waals surface area contributed by atoms with E-state index in [1.54, 1.807) is 0 Å². The van der Waals surface area contributed by atoms with Crippen molar-refractivity contribution in [1.82, 2.24) is 0 Å². The number of hydrogen-bond acceptors (Lipinski definition) is 3. The van der Waals surface area contributed by atoms with E-state index in [-0.39, 0.29) is 29.1 Å². The molecule has 244 valence electrons. The zero-order valence-corrected chi connectivity index (χ0v) is 26.2. The molecule has 0 bridgehead atoms. The highest BCUT2D eigenvalue weighted by molar-refractivity contribution is 5.91. The average Bonchev–Trinajstić information content (AvgIpc) is 3.25. The lowest BCUT2D eigenvalue weighted by molar-refractivity contribution is -0.296. The molecule has 4 aliphatic rings. The Bertz CT molecular complexity index is 1030. The van der Waals surface area contributed by atoms with E-state index in [9.17, 15) is 31.9 Å². The molecule has 3 saturated carbocycles. The van der Waals surface area contributed by atoms with Crippen LogP contribution in [0.2, 0.25) is 0 Å². The minimum atomic E-state index is -5.68. The van der Waals surface area contributed by atoms with Crippen molar-refractivity contribution < 1.29 is 31.9 Å². The smallest absolute Gasteiger partial charge is 0.393 e. The van der Waals surface area contributed by atoms with Gasteiger partial charge in [0.05, 0.1) is 12.2 Å². The van der Waals surface area contributed by atoms with Crippen molar-refractivity contribution in [3.05, 3.63) is 11.6 Å². The van der Waals surface area contributed by atoms with Crippen LogP contribution in [0.5, 0.6) is 0 Å². The average molecular weight is 614 g/mol. The van der Waals surface area contributed by atoms with E-state index < -0.39 is 24.4 Å². The maximum atomic E-state index is 13.4. The zero-order valence-electron chi connectivity index (χ0n) is 26.2. The zero-order chi connectivity index (χ0) is 31.5. The third-order valence-electron chi connectivity index (χ3n) is 12.4. The number of carbonyl (C=O) groups excluding carboxylic acids is 1. The molecule has 0 radical (unpaired) electrons. The molecule has 8 atom stereocenters. The van der Waals surface area contributed by atoms with Crippen LogP contribution in [-0.4, -0.2) is 29.1 Å². The number of unbranched alkanes of at least 4 members (excludes halogenated alkanes) is 9. The first kappa shape index (κ1) is 34.4. The molecule has 0 aliphatic heterocycles. The molecular formula is C35H52F5NO2. The van der Waals surface area contributed by atoms with E-state index in [1.807, 2.05) is 6.08 Å². The van der Waals surface area contributed by atoms with E-state index in [0.717, 1.165) is 83.1 Å². The summed E-state index contributed by atoms with van der Waals surface area (Å²) >= 11 is 0. The number of alkyl halides is 5. The number of fused-ring (bicyclic) bond motifs is 5. The summed E-state index contributed by atoms with van der Waals surface area (Å²) in [6.07, 6.45) is 13.1. The summed E-state index contributed by atoms with van der Waals surface area (Å²) in [7, 11) is 0. The topological polar surface area (TPSA) is 61.1 Å². The lowest BCUT2D eigenvalue weighted by Gasteiger charge is -2.60. The highest BCUT2D eigenvalue weighted by atomic mass is 19.4. The maximum Gasteiger partial charge on any atom is 0.454 e. The number of hydrogen-bond donors (Lipinski definition) is 1. The molecule has 8 heteroatoms. The molecular weight excluding hydrogens is 561 g/mol. The number of halogens is 5. The van der Waals surface area contributed by atoms with Gasteiger partial charge >= 0.3 is 12.1 Å². The summed E-state index contributed by atoms with van der Waals surface area (Å²) < 4.78 is 64.2. The van der Waals surface area contributed by atoms with Crippen molar-refractivity contribution in [2.45, 2.75) is 154 Å². The predicted octanol–water partition coefficient (Wildman–Crippen LogP) is 10.1. The molecule has 0 heterocycles. The molecule has 0 aromatic rings. The summed E-state index contributed by atoms with van der Waals surface area (Å²) in [4.78, 5) is 12.4. The number of allylic oxidation sites excluding steroid dienone is 1. The molecule has 3 nitrogen and oxygen atoms in total. The summed E-state index contributed by atoms with van der Waals surface area (Å²) in [6, 6.07) is 1.15. The quantitative estimate of drug-likeness (QED) is 0.157. The van der Waals surface area contributed by atoms with Crippen molar-refractivity contribution in [3.8, 4) is 6.07 Å². The van der Waals surface area contributed by atoms with Crippen LogP contribution in [0, 0.1) is 51.8 Å². The molecule has 43 heavy (non-hydrogen) atoms. The maximum absolute atomic E-state index is 13.4. The number of nitriles is 1. The molecule has 0 saturated heterocycles. The van der Waals surface area contributed by atoms with E-state index in [1.165, 1.54) is 24.8 Å². The third kappa shape index (κ3) is 7.17. The Labute approximate surface area is 255 Å². The van der Waals surface area contributed by atoms with Crippen molar-refractivity contribution in [2.75, 3.05) is 0 Å². The second-order valence-corrected chi connectivity index (χ2v) is 14.9. The monoisotopic (exact) mass is 613 g/mol. The number of nitrogens with zero attached hydrogens (tertiary/aromatic N) is 1. The highest BCUT2D eigenvalue weighted by Gasteiger charge is 2.63. The molecule has 0 amide bonds. The van der Waals surface area contributed by atoms with E-state index >= 15 is 0 Å². The van der Waals surface area contributed by atoms with E-state index in [4.69, 9.17) is 5.26 Å². The molecule has 0 spiro atoms. The highest BCUT2D eigenvalue weighted by Crippen LogP contribution is 2.67. The lowest BCUT2D eigenvalue weighted by atomic mass is 9.44. The Morgan fingerprint density at radius 2 is 1.51 bits per heavy atom. The molecule has 1 N–H and O–H groups in total. The summed E-state index contributed by atoms with van der Waals surface area (Å²) in [6.45, 7) is 4.75. The van der Waals surface area contributed by atoms with Crippen LogP contribution < -0.4 is 0 Å². The van der Waals surface area contributed by atoms with Gasteiger partial charge in [-0.05, 0) is 91.9 Å². The third-order valence-corrected chi connectivity index (χ3v) is 12.4. The van der Waals surface area contributed by atoms with Gasteiger partial charge in [-0.3, -0.25) is 4.79 Å². The van der Waals surface area contributed by atoms with Crippen LogP contribution in [0.25, 0.3) is 0 Å². The normalized spacial score (nSPS) is 35.0. The minimum absolute atomic E-state index is 0.0348. The second kappa shape index (κ2) is 13.9. The van der Waals surface area contributed by atoms with Crippen LogP contribution in [0.3, 0.4) is 0 Å². The minimum Gasteiger partial charge on any atom is -0.393 e. The van der Waals surface area contributed by atoms with Gasteiger partial charge in [-0.2, -0.15) is 27.2 Å². The summed E-state index contributed by atoms with van der Waals surface area (Å²) in [5, 5.41) is 19.7. The van der Waals surface area contributed by atoms with Gasteiger partial charge in [-0.1, -0.05) is 83.6 Å². The van der Waals surface area contributed by atoms with Crippen LogP contribution in [0.4, 0.5) is 22.0 Å². The molecule has 4 rings (SSSR count). The Balaban J connectivity index is 1.16. The fourth-order valence-electron chi connectivity index (χ4n) is 9.66. The fraction of sp³-hybridized carbons (Fsp3) is 0.886.